The maximum absolute atomic E-state index is 12.1. The second-order valence-corrected chi connectivity index (χ2v) is 5.55. The van der Waals surface area contributed by atoms with E-state index in [0.29, 0.717) is 18.0 Å². The van der Waals surface area contributed by atoms with E-state index in [9.17, 15) is 4.79 Å². The topological polar surface area (TPSA) is 54.0 Å². The highest BCUT2D eigenvalue weighted by Crippen LogP contribution is 2.20. The molecule has 4 nitrogen and oxygen atoms in total. The maximum atomic E-state index is 12.1. The van der Waals surface area contributed by atoms with E-state index in [-0.39, 0.29) is 5.91 Å². The molecule has 5 heteroatoms. The van der Waals surface area contributed by atoms with Crippen LogP contribution in [0.1, 0.15) is 6.42 Å². The number of hydrogen-bond acceptors (Lipinski definition) is 3. The van der Waals surface area contributed by atoms with Crippen LogP contribution in [-0.4, -0.2) is 17.4 Å². The van der Waals surface area contributed by atoms with Crippen molar-refractivity contribution >= 4 is 39.8 Å². The number of anilines is 2. The summed E-state index contributed by atoms with van der Waals surface area (Å²) in [5, 5.41) is 7.80. The zero-order valence-electron chi connectivity index (χ0n) is 12.4. The number of para-hydroxylation sites is 1. The van der Waals surface area contributed by atoms with E-state index in [2.05, 4.69) is 15.6 Å². The van der Waals surface area contributed by atoms with Gasteiger partial charge in [-0.3, -0.25) is 9.78 Å². The van der Waals surface area contributed by atoms with E-state index in [1.54, 1.807) is 6.20 Å². The molecule has 3 aromatic rings. The van der Waals surface area contributed by atoms with E-state index in [1.807, 2.05) is 54.6 Å². The number of hydrogen-bond donors (Lipinski definition) is 2. The van der Waals surface area contributed by atoms with Crippen LogP contribution in [-0.2, 0) is 4.79 Å². The fourth-order valence-electron chi connectivity index (χ4n) is 2.31. The van der Waals surface area contributed by atoms with Gasteiger partial charge in [0.2, 0.25) is 5.91 Å². The highest BCUT2D eigenvalue weighted by molar-refractivity contribution is 6.30. The first kappa shape index (κ1) is 15.3. The predicted octanol–water partition coefficient (Wildman–Crippen LogP) is 4.33. The van der Waals surface area contributed by atoms with Crippen molar-refractivity contribution in [1.82, 2.24) is 4.98 Å². The van der Waals surface area contributed by atoms with Crippen LogP contribution in [0, 0.1) is 0 Å². The Bertz CT molecular complexity index is 813. The number of nitrogens with zero attached hydrogens (tertiary/aromatic N) is 1. The molecule has 1 aromatic heterocycles. The van der Waals surface area contributed by atoms with Crippen LogP contribution in [0.3, 0.4) is 0 Å². The largest absolute Gasteiger partial charge is 0.385 e. The van der Waals surface area contributed by atoms with Crippen LogP contribution in [0.25, 0.3) is 10.9 Å². The molecule has 3 rings (SSSR count). The zero-order chi connectivity index (χ0) is 16.1. The number of aromatic nitrogens is 1. The number of rotatable bonds is 5. The Morgan fingerprint density at radius 1 is 1.04 bits per heavy atom. The lowest BCUT2D eigenvalue weighted by atomic mass is 10.2. The molecule has 23 heavy (non-hydrogen) atoms. The van der Waals surface area contributed by atoms with Gasteiger partial charge in [-0.25, -0.2) is 0 Å². The Labute approximate surface area is 139 Å². The zero-order valence-corrected chi connectivity index (χ0v) is 13.2. The molecule has 0 saturated heterocycles. The molecule has 0 radical (unpaired) electrons. The Morgan fingerprint density at radius 3 is 2.65 bits per heavy atom. The van der Waals surface area contributed by atoms with Gasteiger partial charge < -0.3 is 10.6 Å². The van der Waals surface area contributed by atoms with Gasteiger partial charge in [-0.2, -0.15) is 0 Å². The lowest BCUT2D eigenvalue weighted by Crippen LogP contribution is -2.16. The molecule has 1 heterocycles. The van der Waals surface area contributed by atoms with Gasteiger partial charge in [0.1, 0.15) is 0 Å². The molecule has 1 amide bonds. The monoisotopic (exact) mass is 325 g/mol. The highest BCUT2D eigenvalue weighted by Gasteiger charge is 2.06. The van der Waals surface area contributed by atoms with Gasteiger partial charge in [-0.05, 0) is 36.4 Å². The van der Waals surface area contributed by atoms with E-state index >= 15 is 0 Å². The summed E-state index contributed by atoms with van der Waals surface area (Å²) in [5.41, 5.74) is 2.47. The fraction of sp³-hybridized carbons (Fsp3) is 0.111. The Hall–Kier alpha value is -2.59. The molecular weight excluding hydrogens is 310 g/mol. The summed E-state index contributed by atoms with van der Waals surface area (Å²) in [6, 6.07) is 17.0. The van der Waals surface area contributed by atoms with Crippen LogP contribution >= 0.6 is 11.6 Å². The SMILES string of the molecule is O=C(CCNc1ccc(Cl)cc1)Nc1cccc2cccnc12. The average Bonchev–Trinajstić information content (AvgIpc) is 2.57. The van der Waals surface area contributed by atoms with Crippen LogP contribution in [0.2, 0.25) is 5.02 Å². The number of carbonyl (C=O) groups is 1. The van der Waals surface area contributed by atoms with Crippen LogP contribution in [0.5, 0.6) is 0 Å². The number of nitrogens with one attached hydrogen (secondary N) is 2. The Kier molecular flexibility index (Phi) is 4.74. The normalized spacial score (nSPS) is 10.5. The van der Waals surface area contributed by atoms with Gasteiger partial charge in [-0.1, -0.05) is 29.8 Å². The minimum absolute atomic E-state index is 0.0513. The van der Waals surface area contributed by atoms with Gasteiger partial charge in [0.15, 0.2) is 0 Å². The molecule has 2 aromatic carbocycles. The molecule has 116 valence electrons. The van der Waals surface area contributed by atoms with Gasteiger partial charge in [0.05, 0.1) is 11.2 Å². The first-order valence-corrected chi connectivity index (χ1v) is 7.73. The molecular formula is C18H16ClN3O. The van der Waals surface area contributed by atoms with E-state index in [0.717, 1.165) is 22.3 Å². The van der Waals surface area contributed by atoms with Crippen molar-refractivity contribution in [2.75, 3.05) is 17.2 Å². The quantitative estimate of drug-likeness (QED) is 0.734. The molecule has 0 fully saturated rings. The molecule has 0 aliphatic carbocycles. The molecule has 0 unspecified atom stereocenters. The minimum atomic E-state index is -0.0513. The molecule has 0 bridgehead atoms. The van der Waals surface area contributed by atoms with Crippen molar-refractivity contribution in [1.29, 1.82) is 0 Å². The summed E-state index contributed by atoms with van der Waals surface area (Å²) in [4.78, 5) is 16.4. The third-order valence-electron chi connectivity index (χ3n) is 3.43. The summed E-state index contributed by atoms with van der Waals surface area (Å²) >= 11 is 5.84. The average molecular weight is 326 g/mol. The molecule has 0 aliphatic rings. The predicted molar refractivity (Wildman–Crippen MR) is 94.9 cm³/mol. The number of fused-ring (bicyclic) bond motifs is 1. The van der Waals surface area contributed by atoms with Gasteiger partial charge >= 0.3 is 0 Å². The van der Waals surface area contributed by atoms with Crippen molar-refractivity contribution in [3.8, 4) is 0 Å². The number of halogens is 1. The van der Waals surface area contributed by atoms with Crippen LogP contribution in [0.15, 0.2) is 60.8 Å². The van der Waals surface area contributed by atoms with Crippen LogP contribution in [0.4, 0.5) is 11.4 Å². The fourth-order valence-corrected chi connectivity index (χ4v) is 2.43. The Balaban J connectivity index is 1.57. The first-order valence-electron chi connectivity index (χ1n) is 7.35. The summed E-state index contributed by atoms with van der Waals surface area (Å²) in [6.45, 7) is 0.547. The number of benzene rings is 2. The van der Waals surface area contributed by atoms with E-state index < -0.39 is 0 Å². The van der Waals surface area contributed by atoms with Crippen molar-refractivity contribution in [3.63, 3.8) is 0 Å². The van der Waals surface area contributed by atoms with Crippen molar-refractivity contribution < 1.29 is 4.79 Å². The van der Waals surface area contributed by atoms with Gasteiger partial charge in [-0.15, -0.1) is 0 Å². The summed E-state index contributed by atoms with van der Waals surface area (Å²) < 4.78 is 0. The van der Waals surface area contributed by atoms with Crippen molar-refractivity contribution in [3.05, 3.63) is 65.8 Å². The van der Waals surface area contributed by atoms with E-state index in [1.165, 1.54) is 0 Å². The smallest absolute Gasteiger partial charge is 0.226 e. The van der Waals surface area contributed by atoms with Gasteiger partial charge in [0, 0.05) is 35.3 Å². The maximum Gasteiger partial charge on any atom is 0.226 e. The van der Waals surface area contributed by atoms with Crippen LogP contribution < -0.4 is 10.6 Å². The summed E-state index contributed by atoms with van der Waals surface area (Å²) in [6.07, 6.45) is 2.09. The lowest BCUT2D eigenvalue weighted by molar-refractivity contribution is -0.115. The van der Waals surface area contributed by atoms with Crippen molar-refractivity contribution in [2.45, 2.75) is 6.42 Å². The summed E-state index contributed by atoms with van der Waals surface area (Å²) in [5.74, 6) is -0.0513. The third kappa shape index (κ3) is 3.99. The molecule has 0 spiro atoms. The number of carbonyl (C=O) groups excluding carboxylic acids is 1. The number of pyridine rings is 1. The molecule has 2 N–H and O–H groups in total. The molecule has 0 aliphatic heterocycles. The standard InChI is InChI=1S/C18H16ClN3O/c19-14-6-8-15(9-7-14)20-12-10-17(23)22-16-5-1-3-13-4-2-11-21-18(13)16/h1-9,11,20H,10,12H2,(H,22,23). The molecule has 0 atom stereocenters. The summed E-state index contributed by atoms with van der Waals surface area (Å²) in [7, 11) is 0. The van der Waals surface area contributed by atoms with Crippen molar-refractivity contribution in [2.24, 2.45) is 0 Å². The third-order valence-corrected chi connectivity index (χ3v) is 3.68. The van der Waals surface area contributed by atoms with E-state index in [4.69, 9.17) is 11.6 Å². The lowest BCUT2D eigenvalue weighted by Gasteiger charge is -2.09. The highest BCUT2D eigenvalue weighted by atomic mass is 35.5. The Morgan fingerprint density at radius 2 is 1.83 bits per heavy atom. The first-order chi connectivity index (χ1) is 11.2. The second kappa shape index (κ2) is 7.11. The minimum Gasteiger partial charge on any atom is -0.385 e. The second-order valence-electron chi connectivity index (χ2n) is 5.11. The van der Waals surface area contributed by atoms with Gasteiger partial charge in [0.25, 0.3) is 0 Å². The number of amides is 1. The molecule has 0 saturated carbocycles.